The fraction of sp³-hybridized carbons (Fsp3) is 0.778. The second-order valence-electron chi connectivity index (χ2n) is 3.83. The van der Waals surface area contributed by atoms with Crippen molar-refractivity contribution < 1.29 is 14.7 Å². The van der Waals surface area contributed by atoms with Gasteiger partial charge in [0.05, 0.1) is 0 Å². The first-order valence-corrected chi connectivity index (χ1v) is 4.78. The standard InChI is InChI=1S/C9H16N2O3/c1-5(9(13)14)11-8(12)4-7(10)6-2-3-6/h5-7H,2-4,10H2,1H3,(H,11,12)(H,13,14)/t5-,7?/m0/s1. The molecule has 1 rings (SSSR count). The molecule has 0 aliphatic heterocycles. The predicted molar refractivity (Wildman–Crippen MR) is 50.6 cm³/mol. The van der Waals surface area contributed by atoms with Gasteiger partial charge in [-0.3, -0.25) is 9.59 Å². The lowest BCUT2D eigenvalue weighted by Crippen LogP contribution is -2.41. The zero-order valence-corrected chi connectivity index (χ0v) is 8.19. The van der Waals surface area contributed by atoms with Gasteiger partial charge in [0.1, 0.15) is 6.04 Å². The summed E-state index contributed by atoms with van der Waals surface area (Å²) < 4.78 is 0. The highest BCUT2D eigenvalue weighted by atomic mass is 16.4. The summed E-state index contributed by atoms with van der Waals surface area (Å²) in [7, 11) is 0. The van der Waals surface area contributed by atoms with E-state index in [9.17, 15) is 9.59 Å². The van der Waals surface area contributed by atoms with E-state index in [4.69, 9.17) is 10.8 Å². The van der Waals surface area contributed by atoms with Crippen LogP contribution < -0.4 is 11.1 Å². The van der Waals surface area contributed by atoms with Gasteiger partial charge in [0.2, 0.25) is 5.91 Å². The Kier molecular flexibility index (Phi) is 3.46. The molecule has 4 N–H and O–H groups in total. The third-order valence-corrected chi connectivity index (χ3v) is 2.40. The molecule has 5 heteroatoms. The lowest BCUT2D eigenvalue weighted by Gasteiger charge is -2.12. The summed E-state index contributed by atoms with van der Waals surface area (Å²) >= 11 is 0. The Bertz CT molecular complexity index is 238. The van der Waals surface area contributed by atoms with Crippen molar-refractivity contribution in [2.24, 2.45) is 11.7 Å². The summed E-state index contributed by atoms with van der Waals surface area (Å²) in [5.41, 5.74) is 5.72. The molecule has 0 heterocycles. The Morgan fingerprint density at radius 3 is 2.57 bits per heavy atom. The molecule has 0 radical (unpaired) electrons. The van der Waals surface area contributed by atoms with Crippen LogP contribution in [-0.4, -0.2) is 29.1 Å². The first-order valence-electron chi connectivity index (χ1n) is 4.78. The Labute approximate surface area is 82.7 Å². The van der Waals surface area contributed by atoms with Crippen molar-refractivity contribution in [2.45, 2.75) is 38.3 Å². The SMILES string of the molecule is C[C@H](NC(=O)CC(N)C1CC1)C(=O)O. The lowest BCUT2D eigenvalue weighted by molar-refractivity contribution is -0.141. The van der Waals surface area contributed by atoms with E-state index in [1.165, 1.54) is 6.92 Å². The van der Waals surface area contributed by atoms with Gasteiger partial charge in [-0.25, -0.2) is 0 Å². The third-order valence-electron chi connectivity index (χ3n) is 2.40. The van der Waals surface area contributed by atoms with Gasteiger partial charge in [-0.2, -0.15) is 0 Å². The molecule has 1 aliphatic carbocycles. The molecule has 14 heavy (non-hydrogen) atoms. The lowest BCUT2D eigenvalue weighted by atomic mass is 10.1. The Balaban J connectivity index is 2.24. The molecule has 1 fully saturated rings. The second-order valence-corrected chi connectivity index (χ2v) is 3.83. The maximum atomic E-state index is 11.2. The molecule has 0 aromatic carbocycles. The van der Waals surface area contributed by atoms with Crippen LogP contribution in [-0.2, 0) is 9.59 Å². The summed E-state index contributed by atoms with van der Waals surface area (Å²) in [6.07, 6.45) is 2.40. The number of carbonyl (C=O) groups is 2. The maximum Gasteiger partial charge on any atom is 0.325 e. The number of nitrogens with one attached hydrogen (secondary N) is 1. The van der Waals surface area contributed by atoms with Gasteiger partial charge < -0.3 is 16.2 Å². The average Bonchev–Trinajstić information content (AvgIpc) is 2.85. The first-order chi connectivity index (χ1) is 6.50. The van der Waals surface area contributed by atoms with Crippen molar-refractivity contribution in [3.8, 4) is 0 Å². The van der Waals surface area contributed by atoms with Gasteiger partial charge in [-0.15, -0.1) is 0 Å². The Hall–Kier alpha value is -1.10. The van der Waals surface area contributed by atoms with Crippen molar-refractivity contribution in [3.05, 3.63) is 0 Å². The van der Waals surface area contributed by atoms with Crippen LogP contribution in [0.25, 0.3) is 0 Å². The number of hydrogen-bond acceptors (Lipinski definition) is 3. The summed E-state index contributed by atoms with van der Waals surface area (Å²) in [4.78, 5) is 21.7. The Morgan fingerprint density at radius 1 is 1.57 bits per heavy atom. The van der Waals surface area contributed by atoms with E-state index in [1.54, 1.807) is 0 Å². The van der Waals surface area contributed by atoms with Crippen LogP contribution in [0.2, 0.25) is 0 Å². The minimum absolute atomic E-state index is 0.115. The summed E-state index contributed by atoms with van der Waals surface area (Å²) in [6.45, 7) is 1.43. The van der Waals surface area contributed by atoms with Crippen LogP contribution in [0.3, 0.4) is 0 Å². The molecule has 2 atom stereocenters. The molecular weight excluding hydrogens is 184 g/mol. The minimum atomic E-state index is -1.03. The van der Waals surface area contributed by atoms with Gasteiger partial charge in [0.25, 0.3) is 0 Å². The fourth-order valence-electron chi connectivity index (χ4n) is 1.27. The van der Waals surface area contributed by atoms with E-state index in [0.717, 1.165) is 12.8 Å². The fourth-order valence-corrected chi connectivity index (χ4v) is 1.27. The van der Waals surface area contributed by atoms with Gasteiger partial charge in [0.15, 0.2) is 0 Å². The van der Waals surface area contributed by atoms with E-state index in [-0.39, 0.29) is 18.4 Å². The molecule has 1 amide bonds. The number of carboxylic acids is 1. The highest BCUT2D eigenvalue weighted by Crippen LogP contribution is 2.32. The molecule has 80 valence electrons. The Morgan fingerprint density at radius 2 is 2.14 bits per heavy atom. The third kappa shape index (κ3) is 3.33. The first kappa shape index (κ1) is 11.0. The monoisotopic (exact) mass is 200 g/mol. The van der Waals surface area contributed by atoms with E-state index >= 15 is 0 Å². The van der Waals surface area contributed by atoms with Crippen molar-refractivity contribution in [2.75, 3.05) is 0 Å². The summed E-state index contributed by atoms with van der Waals surface area (Å²) in [6, 6.07) is -0.954. The molecule has 5 nitrogen and oxygen atoms in total. The minimum Gasteiger partial charge on any atom is -0.480 e. The smallest absolute Gasteiger partial charge is 0.325 e. The van der Waals surface area contributed by atoms with Crippen molar-refractivity contribution in [1.82, 2.24) is 5.32 Å². The van der Waals surface area contributed by atoms with Crippen LogP contribution >= 0.6 is 0 Å². The van der Waals surface area contributed by atoms with Gasteiger partial charge in [-0.1, -0.05) is 0 Å². The number of nitrogens with two attached hydrogens (primary N) is 1. The van der Waals surface area contributed by atoms with Gasteiger partial charge >= 0.3 is 5.97 Å². The number of amides is 1. The van der Waals surface area contributed by atoms with Gasteiger partial charge in [-0.05, 0) is 25.7 Å². The number of carbonyl (C=O) groups excluding carboxylic acids is 1. The highest BCUT2D eigenvalue weighted by Gasteiger charge is 2.30. The predicted octanol–water partition coefficient (Wildman–Crippen LogP) is -0.297. The molecule has 1 saturated carbocycles. The quantitative estimate of drug-likeness (QED) is 0.568. The van der Waals surface area contributed by atoms with E-state index in [2.05, 4.69) is 5.32 Å². The molecule has 0 aromatic heterocycles. The molecule has 0 saturated heterocycles. The summed E-state index contributed by atoms with van der Waals surface area (Å²) in [5.74, 6) is -0.849. The van der Waals surface area contributed by atoms with E-state index in [0.29, 0.717) is 5.92 Å². The summed E-state index contributed by atoms with van der Waals surface area (Å²) in [5, 5.41) is 10.9. The van der Waals surface area contributed by atoms with Crippen molar-refractivity contribution in [1.29, 1.82) is 0 Å². The zero-order chi connectivity index (χ0) is 10.7. The number of hydrogen-bond donors (Lipinski definition) is 3. The number of carboxylic acid groups (broad SMARTS) is 1. The topological polar surface area (TPSA) is 92.4 Å². The molecule has 0 bridgehead atoms. The second kappa shape index (κ2) is 4.41. The van der Waals surface area contributed by atoms with Gasteiger partial charge in [0, 0.05) is 12.5 Å². The molecule has 1 aliphatic rings. The van der Waals surface area contributed by atoms with Crippen LogP contribution in [0.4, 0.5) is 0 Å². The molecule has 0 aromatic rings. The number of rotatable bonds is 5. The van der Waals surface area contributed by atoms with E-state index in [1.807, 2.05) is 0 Å². The largest absolute Gasteiger partial charge is 0.480 e. The normalized spacial score (nSPS) is 19.9. The van der Waals surface area contributed by atoms with Crippen LogP contribution in [0.15, 0.2) is 0 Å². The van der Waals surface area contributed by atoms with E-state index < -0.39 is 12.0 Å². The molecule has 1 unspecified atom stereocenters. The van der Waals surface area contributed by atoms with Crippen LogP contribution in [0, 0.1) is 5.92 Å². The average molecular weight is 200 g/mol. The van der Waals surface area contributed by atoms with Crippen molar-refractivity contribution in [3.63, 3.8) is 0 Å². The van der Waals surface area contributed by atoms with Crippen LogP contribution in [0.1, 0.15) is 26.2 Å². The number of aliphatic carboxylic acids is 1. The zero-order valence-electron chi connectivity index (χ0n) is 8.19. The molecule has 0 spiro atoms. The highest BCUT2D eigenvalue weighted by molar-refractivity contribution is 5.83. The van der Waals surface area contributed by atoms with Crippen molar-refractivity contribution >= 4 is 11.9 Å². The maximum absolute atomic E-state index is 11.2. The van der Waals surface area contributed by atoms with Crippen LogP contribution in [0.5, 0.6) is 0 Å². The molecular formula is C9H16N2O3.